The lowest BCUT2D eigenvalue weighted by Gasteiger charge is -2.24. The number of hydrogen-bond acceptors (Lipinski definition) is 6. The van der Waals surface area contributed by atoms with E-state index < -0.39 is 5.60 Å². The van der Waals surface area contributed by atoms with Gasteiger partial charge in [-0.1, -0.05) is 12.8 Å². The molecule has 7 heteroatoms. The Morgan fingerprint density at radius 1 is 1.22 bits per heavy atom. The highest BCUT2D eigenvalue weighted by molar-refractivity contribution is 5.88. The van der Waals surface area contributed by atoms with Crippen LogP contribution in [0.4, 0.5) is 5.95 Å². The molecule has 0 amide bonds. The minimum absolute atomic E-state index is 0.219. The number of fused-ring (bicyclic) bond motifs is 1. The van der Waals surface area contributed by atoms with Crippen molar-refractivity contribution in [1.29, 1.82) is 0 Å². The number of benzene rings is 1. The molecule has 0 aliphatic heterocycles. The Hall–Kier alpha value is -2.64. The number of nitrogen functional groups attached to an aromatic ring is 1. The van der Waals surface area contributed by atoms with Gasteiger partial charge >= 0.3 is 0 Å². The molecule has 1 fully saturated rings. The summed E-state index contributed by atoms with van der Waals surface area (Å²) in [6.07, 6.45) is 7.13. The zero-order valence-electron chi connectivity index (χ0n) is 15.4. The first-order valence-corrected chi connectivity index (χ1v) is 9.19. The van der Waals surface area contributed by atoms with Gasteiger partial charge in [0.1, 0.15) is 18.2 Å². The van der Waals surface area contributed by atoms with Gasteiger partial charge in [0, 0.05) is 24.9 Å². The molecule has 1 aromatic carbocycles. The van der Waals surface area contributed by atoms with E-state index in [4.69, 9.17) is 15.2 Å². The van der Waals surface area contributed by atoms with E-state index in [2.05, 4.69) is 9.97 Å². The Balaban J connectivity index is 1.85. The number of anilines is 1. The molecular weight excluding hydrogens is 344 g/mol. The second-order valence-electron chi connectivity index (χ2n) is 6.95. The van der Waals surface area contributed by atoms with Crippen molar-refractivity contribution in [2.45, 2.75) is 31.3 Å². The van der Waals surface area contributed by atoms with Crippen molar-refractivity contribution in [3.63, 3.8) is 0 Å². The summed E-state index contributed by atoms with van der Waals surface area (Å²) in [6.45, 7) is 0.943. The summed E-state index contributed by atoms with van der Waals surface area (Å²) < 4.78 is 13.0. The lowest BCUT2D eigenvalue weighted by atomic mass is 9.91. The van der Waals surface area contributed by atoms with Crippen LogP contribution in [-0.4, -0.2) is 40.0 Å². The topological polar surface area (TPSA) is 95.4 Å². The zero-order valence-corrected chi connectivity index (χ0v) is 15.4. The second kappa shape index (κ2) is 7.17. The van der Waals surface area contributed by atoms with Gasteiger partial charge in [-0.15, -0.1) is 0 Å². The van der Waals surface area contributed by atoms with Crippen LogP contribution in [0.5, 0.6) is 5.75 Å². The number of methoxy groups -OCH3 is 1. The number of ether oxygens (including phenoxy) is 2. The molecule has 0 unspecified atom stereocenters. The summed E-state index contributed by atoms with van der Waals surface area (Å²) >= 11 is 0. The first-order chi connectivity index (χ1) is 13.1. The van der Waals surface area contributed by atoms with Gasteiger partial charge in [-0.2, -0.15) is 4.98 Å². The number of aliphatic hydroxyl groups is 1. The first-order valence-electron chi connectivity index (χ1n) is 9.19. The first kappa shape index (κ1) is 17.8. The van der Waals surface area contributed by atoms with E-state index in [1.54, 1.807) is 19.4 Å². The van der Waals surface area contributed by atoms with Gasteiger partial charge < -0.3 is 24.9 Å². The molecule has 1 aliphatic carbocycles. The minimum atomic E-state index is -0.812. The van der Waals surface area contributed by atoms with Crippen LogP contribution >= 0.6 is 0 Å². The third-order valence-corrected chi connectivity index (χ3v) is 5.19. The molecular formula is C20H24N4O3. The predicted molar refractivity (Wildman–Crippen MR) is 103 cm³/mol. The van der Waals surface area contributed by atoms with Crippen LogP contribution in [0.15, 0.2) is 36.7 Å². The predicted octanol–water partition coefficient (Wildman–Crippen LogP) is 2.79. The highest BCUT2D eigenvalue weighted by Gasteiger charge is 2.34. The van der Waals surface area contributed by atoms with Crippen LogP contribution in [-0.2, 0) is 10.3 Å². The molecule has 0 spiro atoms. The van der Waals surface area contributed by atoms with Gasteiger partial charge in [0.25, 0.3) is 0 Å². The van der Waals surface area contributed by atoms with Crippen LogP contribution in [0.25, 0.3) is 16.7 Å². The lowest BCUT2D eigenvalue weighted by Crippen LogP contribution is -2.21. The van der Waals surface area contributed by atoms with Crippen molar-refractivity contribution >= 4 is 16.9 Å². The molecule has 7 nitrogen and oxygen atoms in total. The number of rotatable bonds is 6. The molecule has 1 saturated carbocycles. The average molecular weight is 368 g/mol. The summed E-state index contributed by atoms with van der Waals surface area (Å²) in [5.74, 6) is 1.63. The van der Waals surface area contributed by atoms with Gasteiger partial charge in [0.15, 0.2) is 0 Å². The van der Waals surface area contributed by atoms with Crippen LogP contribution in [0.1, 0.15) is 31.2 Å². The molecule has 0 radical (unpaired) electrons. The zero-order chi connectivity index (χ0) is 18.9. The number of nitrogens with zero attached hydrogens (tertiary/aromatic N) is 3. The lowest BCUT2D eigenvalue weighted by molar-refractivity contribution is 0.0442. The standard InChI is InChI=1S/C20H24N4O3/c1-26-10-11-27-17-13-14(20(25)6-2-3-7-20)12-16-15(17)5-9-24(16)18-4-8-22-19(21)23-18/h4-5,8-9,12-13,25H,2-3,6-7,10-11H2,1H3,(H2,21,22,23). The smallest absolute Gasteiger partial charge is 0.221 e. The molecule has 27 heavy (non-hydrogen) atoms. The van der Waals surface area contributed by atoms with Gasteiger partial charge in [-0.05, 0) is 42.7 Å². The third kappa shape index (κ3) is 3.36. The monoisotopic (exact) mass is 368 g/mol. The van der Waals surface area contributed by atoms with E-state index in [-0.39, 0.29) is 5.95 Å². The highest BCUT2D eigenvalue weighted by Crippen LogP contribution is 2.42. The van der Waals surface area contributed by atoms with Crippen molar-refractivity contribution in [2.24, 2.45) is 0 Å². The van der Waals surface area contributed by atoms with Crippen LogP contribution in [0.2, 0.25) is 0 Å². The summed E-state index contributed by atoms with van der Waals surface area (Å²) in [5.41, 5.74) is 6.74. The molecule has 2 heterocycles. The largest absolute Gasteiger partial charge is 0.490 e. The molecule has 142 valence electrons. The number of nitrogens with two attached hydrogens (primary N) is 1. The van der Waals surface area contributed by atoms with Crippen molar-refractivity contribution in [3.8, 4) is 11.6 Å². The van der Waals surface area contributed by atoms with Crippen LogP contribution in [0, 0.1) is 0 Å². The van der Waals surface area contributed by atoms with E-state index in [1.807, 2.05) is 29.0 Å². The fourth-order valence-electron chi connectivity index (χ4n) is 3.78. The van der Waals surface area contributed by atoms with Gasteiger partial charge in [0.05, 0.1) is 17.7 Å². The quantitative estimate of drug-likeness (QED) is 0.650. The number of hydrogen-bond donors (Lipinski definition) is 2. The summed E-state index contributed by atoms with van der Waals surface area (Å²) in [5, 5.41) is 12.1. The summed E-state index contributed by atoms with van der Waals surface area (Å²) in [4.78, 5) is 8.29. The van der Waals surface area contributed by atoms with E-state index in [1.165, 1.54) is 0 Å². The SMILES string of the molecule is COCCOc1cc(C2(O)CCCC2)cc2c1ccn2-c1ccnc(N)n1. The molecule has 0 atom stereocenters. The molecule has 3 N–H and O–H groups in total. The van der Waals surface area contributed by atoms with Gasteiger partial charge in [-0.25, -0.2) is 4.98 Å². The maximum atomic E-state index is 11.1. The van der Waals surface area contributed by atoms with E-state index in [0.717, 1.165) is 47.9 Å². The maximum Gasteiger partial charge on any atom is 0.221 e. The molecule has 0 saturated heterocycles. The molecule has 4 rings (SSSR count). The van der Waals surface area contributed by atoms with Gasteiger partial charge in [0.2, 0.25) is 5.95 Å². The van der Waals surface area contributed by atoms with E-state index >= 15 is 0 Å². The van der Waals surface area contributed by atoms with Crippen LogP contribution in [0.3, 0.4) is 0 Å². The molecule has 2 aromatic heterocycles. The van der Waals surface area contributed by atoms with Crippen molar-refractivity contribution in [3.05, 3.63) is 42.2 Å². The fraction of sp³-hybridized carbons (Fsp3) is 0.400. The summed E-state index contributed by atoms with van der Waals surface area (Å²) in [6, 6.07) is 7.78. The Bertz CT molecular complexity index is 948. The Morgan fingerprint density at radius 2 is 2.04 bits per heavy atom. The molecule has 0 bridgehead atoms. The summed E-state index contributed by atoms with van der Waals surface area (Å²) in [7, 11) is 1.65. The van der Waals surface area contributed by atoms with Crippen LogP contribution < -0.4 is 10.5 Å². The third-order valence-electron chi connectivity index (χ3n) is 5.19. The molecule has 1 aliphatic rings. The highest BCUT2D eigenvalue weighted by atomic mass is 16.5. The second-order valence-corrected chi connectivity index (χ2v) is 6.95. The van der Waals surface area contributed by atoms with Crippen molar-refractivity contribution in [1.82, 2.24) is 14.5 Å². The minimum Gasteiger partial charge on any atom is -0.490 e. The normalized spacial score (nSPS) is 16.1. The van der Waals surface area contributed by atoms with Crippen molar-refractivity contribution < 1.29 is 14.6 Å². The van der Waals surface area contributed by atoms with Crippen molar-refractivity contribution in [2.75, 3.05) is 26.1 Å². The van der Waals surface area contributed by atoms with E-state index in [9.17, 15) is 5.11 Å². The average Bonchev–Trinajstić information content (AvgIpc) is 3.29. The van der Waals surface area contributed by atoms with E-state index in [0.29, 0.717) is 19.0 Å². The Labute approximate surface area is 157 Å². The van der Waals surface area contributed by atoms with Gasteiger partial charge in [-0.3, -0.25) is 0 Å². The Morgan fingerprint density at radius 3 is 2.78 bits per heavy atom. The fourth-order valence-corrected chi connectivity index (χ4v) is 3.78. The number of aromatic nitrogens is 3. The molecule has 3 aromatic rings. The maximum absolute atomic E-state index is 11.1. The Kier molecular flexibility index (Phi) is 4.72.